The fourth-order valence-corrected chi connectivity index (χ4v) is 3.06. The zero-order chi connectivity index (χ0) is 10.7. The van der Waals surface area contributed by atoms with Crippen LogP contribution in [0, 0.1) is 0 Å². The Labute approximate surface area is 93.0 Å². The van der Waals surface area contributed by atoms with E-state index in [4.69, 9.17) is 11.1 Å². The predicted octanol–water partition coefficient (Wildman–Crippen LogP) is 0.766. The second-order valence-electron chi connectivity index (χ2n) is 3.71. The summed E-state index contributed by atoms with van der Waals surface area (Å²) in [6, 6.07) is 6.33. The van der Waals surface area contributed by atoms with Gasteiger partial charge in [0.1, 0.15) is 0 Å². The fourth-order valence-electron chi connectivity index (χ4n) is 1.56. The summed E-state index contributed by atoms with van der Waals surface area (Å²) in [6.45, 7) is 0. The number of benzene rings is 1. The Morgan fingerprint density at radius 2 is 1.71 bits per heavy atom. The highest BCUT2D eigenvalue weighted by atomic mass is 35.6. The molecule has 0 bridgehead atoms. The first-order valence-corrected chi connectivity index (χ1v) is 7.45. The molecule has 0 amide bonds. The molecular formula is C10H17ClN2Si. The Morgan fingerprint density at radius 3 is 2.14 bits per heavy atom. The number of hydrogen-bond donors (Lipinski definition) is 0. The molecule has 0 aliphatic heterocycles. The smallest absolute Gasteiger partial charge is 0.158 e. The van der Waals surface area contributed by atoms with Gasteiger partial charge in [0.15, 0.2) is 8.83 Å². The maximum Gasteiger partial charge on any atom is 0.158 e. The van der Waals surface area contributed by atoms with Crippen molar-refractivity contribution in [2.75, 3.05) is 38.0 Å². The van der Waals surface area contributed by atoms with Crippen molar-refractivity contribution in [3.8, 4) is 0 Å². The highest BCUT2D eigenvalue weighted by Crippen LogP contribution is 2.23. The van der Waals surface area contributed by atoms with Gasteiger partial charge in [-0.1, -0.05) is 12.1 Å². The molecule has 0 heterocycles. The third-order valence-corrected chi connectivity index (χ3v) is 3.89. The summed E-state index contributed by atoms with van der Waals surface area (Å²) >= 11 is 6.05. The molecule has 0 unspecified atom stereocenters. The molecule has 0 saturated heterocycles. The Morgan fingerprint density at radius 1 is 1.07 bits per heavy atom. The van der Waals surface area contributed by atoms with Crippen molar-refractivity contribution in [3.63, 3.8) is 0 Å². The molecule has 1 aromatic carbocycles. The van der Waals surface area contributed by atoms with Crippen LogP contribution in [0.5, 0.6) is 0 Å². The molecule has 0 aromatic heterocycles. The summed E-state index contributed by atoms with van der Waals surface area (Å²) < 4.78 is 0. The molecule has 0 saturated carbocycles. The number of hydrogen-bond acceptors (Lipinski definition) is 2. The highest BCUT2D eigenvalue weighted by molar-refractivity contribution is 7.02. The van der Waals surface area contributed by atoms with Crippen LogP contribution in [0.15, 0.2) is 18.2 Å². The Kier molecular flexibility index (Phi) is 3.83. The monoisotopic (exact) mass is 228 g/mol. The van der Waals surface area contributed by atoms with Gasteiger partial charge in [0.25, 0.3) is 0 Å². The van der Waals surface area contributed by atoms with E-state index in [1.807, 2.05) is 0 Å². The van der Waals surface area contributed by atoms with Gasteiger partial charge in [0.2, 0.25) is 0 Å². The molecule has 0 aliphatic rings. The fraction of sp³-hybridized carbons (Fsp3) is 0.400. The van der Waals surface area contributed by atoms with Crippen LogP contribution in [0.1, 0.15) is 0 Å². The molecule has 0 N–H and O–H groups in total. The quantitative estimate of drug-likeness (QED) is 0.557. The molecule has 1 aromatic rings. The average Bonchev–Trinajstić information content (AvgIpc) is 2.16. The van der Waals surface area contributed by atoms with Crippen LogP contribution in [0.25, 0.3) is 0 Å². The lowest BCUT2D eigenvalue weighted by atomic mass is 10.2. The van der Waals surface area contributed by atoms with Gasteiger partial charge in [-0.3, -0.25) is 0 Å². The van der Waals surface area contributed by atoms with E-state index < -0.39 is 8.83 Å². The van der Waals surface area contributed by atoms with Crippen LogP contribution < -0.4 is 15.0 Å². The molecule has 1 rings (SSSR count). The lowest BCUT2D eigenvalue weighted by Gasteiger charge is -2.24. The van der Waals surface area contributed by atoms with E-state index in [1.54, 1.807) is 0 Å². The lowest BCUT2D eigenvalue weighted by Crippen LogP contribution is -2.25. The van der Waals surface area contributed by atoms with Crippen LogP contribution in [-0.2, 0) is 0 Å². The third-order valence-electron chi connectivity index (χ3n) is 2.17. The SMILES string of the molecule is CN(C)c1cccc([SiH2]Cl)c1N(C)C. The molecule has 0 atom stereocenters. The second-order valence-corrected chi connectivity index (χ2v) is 5.54. The average molecular weight is 229 g/mol. The first-order chi connectivity index (χ1) is 6.57. The standard InChI is InChI=1S/C10H17ClN2Si/c1-12(2)8-6-5-7-9(14-11)10(8)13(3)4/h5-7H,14H2,1-4H3. The first kappa shape index (κ1) is 11.4. The summed E-state index contributed by atoms with van der Waals surface area (Å²) in [6.07, 6.45) is 0. The summed E-state index contributed by atoms with van der Waals surface area (Å²) in [4.78, 5) is 4.26. The molecule has 0 radical (unpaired) electrons. The molecule has 78 valence electrons. The van der Waals surface area contributed by atoms with Gasteiger partial charge in [-0.05, 0) is 11.3 Å². The summed E-state index contributed by atoms with van der Waals surface area (Å²) in [5.74, 6) is 0. The van der Waals surface area contributed by atoms with Crippen LogP contribution >= 0.6 is 11.1 Å². The lowest BCUT2D eigenvalue weighted by molar-refractivity contribution is 1.08. The van der Waals surface area contributed by atoms with Crippen LogP contribution in [0.3, 0.4) is 0 Å². The summed E-state index contributed by atoms with van der Waals surface area (Å²) in [7, 11) is 7.61. The number of para-hydroxylation sites is 1. The Balaban J connectivity index is 3.28. The van der Waals surface area contributed by atoms with Gasteiger partial charge in [0.05, 0.1) is 11.4 Å². The molecule has 2 nitrogen and oxygen atoms in total. The van der Waals surface area contributed by atoms with E-state index >= 15 is 0 Å². The minimum Gasteiger partial charge on any atom is -0.376 e. The van der Waals surface area contributed by atoms with Crippen molar-refractivity contribution in [1.29, 1.82) is 0 Å². The van der Waals surface area contributed by atoms with Crippen molar-refractivity contribution >= 4 is 36.5 Å². The van der Waals surface area contributed by atoms with Crippen molar-refractivity contribution in [2.45, 2.75) is 0 Å². The third kappa shape index (κ3) is 2.22. The van der Waals surface area contributed by atoms with Crippen LogP contribution in [0.4, 0.5) is 11.4 Å². The van der Waals surface area contributed by atoms with Gasteiger partial charge < -0.3 is 9.80 Å². The van der Waals surface area contributed by atoms with Crippen molar-refractivity contribution in [1.82, 2.24) is 0 Å². The van der Waals surface area contributed by atoms with Crippen molar-refractivity contribution < 1.29 is 0 Å². The minimum absolute atomic E-state index is 0.630. The molecule has 0 spiro atoms. The van der Waals surface area contributed by atoms with Crippen LogP contribution in [-0.4, -0.2) is 37.0 Å². The first-order valence-electron chi connectivity index (χ1n) is 4.60. The topological polar surface area (TPSA) is 6.48 Å². The van der Waals surface area contributed by atoms with E-state index in [2.05, 4.69) is 56.2 Å². The van der Waals surface area contributed by atoms with Crippen LogP contribution in [0.2, 0.25) is 0 Å². The molecule has 0 aliphatic carbocycles. The van der Waals surface area contributed by atoms with Gasteiger partial charge >= 0.3 is 0 Å². The van der Waals surface area contributed by atoms with E-state index in [0.717, 1.165) is 0 Å². The number of halogens is 1. The van der Waals surface area contributed by atoms with Crippen molar-refractivity contribution in [2.24, 2.45) is 0 Å². The number of nitrogens with zero attached hydrogens (tertiary/aromatic N) is 2. The van der Waals surface area contributed by atoms with Gasteiger partial charge in [-0.15, -0.1) is 0 Å². The molecule has 4 heteroatoms. The Hall–Kier alpha value is -0.673. The zero-order valence-corrected chi connectivity index (χ0v) is 11.4. The molecular weight excluding hydrogens is 212 g/mol. The largest absolute Gasteiger partial charge is 0.376 e. The summed E-state index contributed by atoms with van der Waals surface area (Å²) in [5.41, 5.74) is 2.50. The number of anilines is 2. The maximum absolute atomic E-state index is 6.05. The Bertz CT molecular complexity index is 313. The van der Waals surface area contributed by atoms with E-state index in [-0.39, 0.29) is 0 Å². The molecule has 14 heavy (non-hydrogen) atoms. The maximum atomic E-state index is 6.05. The van der Waals surface area contributed by atoms with E-state index in [1.165, 1.54) is 16.6 Å². The van der Waals surface area contributed by atoms with Gasteiger partial charge in [-0.2, -0.15) is 11.1 Å². The van der Waals surface area contributed by atoms with E-state index in [9.17, 15) is 0 Å². The van der Waals surface area contributed by atoms with Gasteiger partial charge in [0, 0.05) is 28.2 Å². The van der Waals surface area contributed by atoms with Gasteiger partial charge in [-0.25, -0.2) is 0 Å². The van der Waals surface area contributed by atoms with E-state index in [0.29, 0.717) is 0 Å². The number of rotatable bonds is 3. The normalized spacial score (nSPS) is 10.9. The zero-order valence-electron chi connectivity index (χ0n) is 9.21. The highest BCUT2D eigenvalue weighted by Gasteiger charge is 2.10. The second kappa shape index (κ2) is 4.71. The predicted molar refractivity (Wildman–Crippen MR) is 69.1 cm³/mol. The van der Waals surface area contributed by atoms with Crippen molar-refractivity contribution in [3.05, 3.63) is 18.2 Å². The molecule has 0 fully saturated rings. The summed E-state index contributed by atoms with van der Waals surface area (Å²) in [5, 5.41) is 1.31. The minimum atomic E-state index is -0.630.